The summed E-state index contributed by atoms with van der Waals surface area (Å²) in [5, 5.41) is 2.99. The van der Waals surface area contributed by atoms with Crippen molar-refractivity contribution >= 4 is 11.6 Å². The summed E-state index contributed by atoms with van der Waals surface area (Å²) >= 11 is 0. The van der Waals surface area contributed by atoms with E-state index in [1.807, 2.05) is 24.4 Å². The van der Waals surface area contributed by atoms with E-state index in [1.54, 1.807) is 18.3 Å². The van der Waals surface area contributed by atoms with Gasteiger partial charge in [-0.15, -0.1) is 0 Å². The van der Waals surface area contributed by atoms with E-state index in [2.05, 4.69) is 21.3 Å². The minimum atomic E-state index is -0.220. The first-order chi connectivity index (χ1) is 14.2. The Morgan fingerprint density at radius 2 is 1.97 bits per heavy atom. The van der Waals surface area contributed by atoms with Gasteiger partial charge in [0.15, 0.2) is 5.76 Å². The Kier molecular flexibility index (Phi) is 5.86. The standard InChI is InChI=1S/C22H23FN4O2/c23-18-5-7-19(8-6-18)26-10-12-27(13-11-26)20(17-3-1-9-24-15-17)16-25-22(28)21-4-2-14-29-21/h1-9,14-15,20H,10-13,16H2,(H,25,28)/p+1. The number of nitrogens with zero attached hydrogens (tertiary/aromatic N) is 2. The molecule has 2 N–H and O–H groups in total. The Bertz CT molecular complexity index is 908. The highest BCUT2D eigenvalue weighted by Crippen LogP contribution is 2.15. The summed E-state index contributed by atoms with van der Waals surface area (Å²) in [5.74, 6) is -0.124. The lowest BCUT2D eigenvalue weighted by Gasteiger charge is -2.37. The van der Waals surface area contributed by atoms with Crippen molar-refractivity contribution < 1.29 is 18.5 Å². The summed E-state index contributed by atoms with van der Waals surface area (Å²) in [5.41, 5.74) is 2.13. The van der Waals surface area contributed by atoms with Gasteiger partial charge in [-0.25, -0.2) is 4.39 Å². The predicted molar refractivity (Wildman–Crippen MR) is 107 cm³/mol. The molecule has 0 spiro atoms. The number of nitrogens with one attached hydrogen (secondary N) is 2. The quantitative estimate of drug-likeness (QED) is 0.667. The number of rotatable bonds is 6. The zero-order chi connectivity index (χ0) is 20.1. The average Bonchev–Trinajstić information content (AvgIpc) is 3.31. The number of carbonyl (C=O) groups excluding carboxylic acids is 1. The van der Waals surface area contributed by atoms with Crippen molar-refractivity contribution in [1.29, 1.82) is 0 Å². The number of benzene rings is 1. The first-order valence-corrected chi connectivity index (χ1v) is 9.77. The molecule has 1 amide bonds. The van der Waals surface area contributed by atoms with Crippen LogP contribution in [0, 0.1) is 5.82 Å². The molecule has 1 aliphatic rings. The van der Waals surface area contributed by atoms with Crippen molar-refractivity contribution in [2.24, 2.45) is 0 Å². The SMILES string of the molecule is O=C(NCC(c1cccnc1)[NH+]1CCN(c2ccc(F)cc2)CC1)c1ccco1. The van der Waals surface area contributed by atoms with Crippen LogP contribution in [-0.2, 0) is 0 Å². The van der Waals surface area contributed by atoms with Crippen LogP contribution < -0.4 is 15.1 Å². The fourth-order valence-corrected chi connectivity index (χ4v) is 3.82. The van der Waals surface area contributed by atoms with Crippen LogP contribution in [-0.4, -0.2) is 43.6 Å². The molecule has 0 saturated carbocycles. The molecule has 3 heterocycles. The van der Waals surface area contributed by atoms with Crippen LogP contribution in [0.3, 0.4) is 0 Å². The first kappa shape index (κ1) is 19.1. The molecule has 0 bridgehead atoms. The van der Waals surface area contributed by atoms with Crippen molar-refractivity contribution in [1.82, 2.24) is 10.3 Å². The number of pyridine rings is 1. The first-order valence-electron chi connectivity index (χ1n) is 9.77. The maximum absolute atomic E-state index is 13.2. The summed E-state index contributed by atoms with van der Waals surface area (Å²) in [6, 6.07) is 14.1. The van der Waals surface area contributed by atoms with Gasteiger partial charge in [0, 0.05) is 23.6 Å². The molecule has 1 aliphatic heterocycles. The average molecular weight is 395 g/mol. The van der Waals surface area contributed by atoms with E-state index in [4.69, 9.17) is 4.42 Å². The molecule has 0 radical (unpaired) electrons. The van der Waals surface area contributed by atoms with Gasteiger partial charge < -0.3 is 19.5 Å². The van der Waals surface area contributed by atoms with E-state index in [1.165, 1.54) is 23.3 Å². The molecule has 150 valence electrons. The van der Waals surface area contributed by atoms with Crippen LogP contribution in [0.1, 0.15) is 22.2 Å². The van der Waals surface area contributed by atoms with Crippen LogP contribution in [0.5, 0.6) is 0 Å². The van der Waals surface area contributed by atoms with Crippen molar-refractivity contribution in [3.8, 4) is 0 Å². The highest BCUT2D eigenvalue weighted by Gasteiger charge is 2.29. The molecular formula is C22H24FN4O2+. The van der Waals surface area contributed by atoms with Gasteiger partial charge >= 0.3 is 0 Å². The molecule has 0 aliphatic carbocycles. The number of carbonyl (C=O) groups is 1. The fraction of sp³-hybridized carbons (Fsp3) is 0.273. The zero-order valence-electron chi connectivity index (χ0n) is 16.1. The summed E-state index contributed by atoms with van der Waals surface area (Å²) < 4.78 is 18.4. The maximum atomic E-state index is 13.2. The van der Waals surface area contributed by atoms with E-state index >= 15 is 0 Å². The van der Waals surface area contributed by atoms with Crippen molar-refractivity contribution in [2.75, 3.05) is 37.6 Å². The van der Waals surface area contributed by atoms with Gasteiger partial charge in [0.1, 0.15) is 11.9 Å². The Balaban J connectivity index is 1.43. The lowest BCUT2D eigenvalue weighted by molar-refractivity contribution is -0.931. The number of anilines is 1. The second-order valence-corrected chi connectivity index (χ2v) is 7.15. The Hall–Kier alpha value is -3.19. The summed E-state index contributed by atoms with van der Waals surface area (Å²) in [4.78, 5) is 20.2. The lowest BCUT2D eigenvalue weighted by atomic mass is 10.1. The van der Waals surface area contributed by atoms with E-state index in [9.17, 15) is 9.18 Å². The molecule has 1 fully saturated rings. The largest absolute Gasteiger partial charge is 0.459 e. The van der Waals surface area contributed by atoms with E-state index in [0.717, 1.165) is 37.4 Å². The van der Waals surface area contributed by atoms with Crippen LogP contribution in [0.4, 0.5) is 10.1 Å². The van der Waals surface area contributed by atoms with Gasteiger partial charge in [0.25, 0.3) is 5.91 Å². The van der Waals surface area contributed by atoms with Crippen LogP contribution in [0.25, 0.3) is 0 Å². The van der Waals surface area contributed by atoms with Crippen LogP contribution >= 0.6 is 0 Å². The van der Waals surface area contributed by atoms with Crippen LogP contribution in [0.15, 0.2) is 71.6 Å². The van der Waals surface area contributed by atoms with Crippen molar-refractivity contribution in [2.45, 2.75) is 6.04 Å². The topological polar surface area (TPSA) is 62.8 Å². The van der Waals surface area contributed by atoms with Gasteiger partial charge in [0.05, 0.1) is 39.0 Å². The third-order valence-corrected chi connectivity index (χ3v) is 5.39. The lowest BCUT2D eigenvalue weighted by Crippen LogP contribution is -3.15. The number of halogens is 1. The van der Waals surface area contributed by atoms with Gasteiger partial charge in [-0.3, -0.25) is 9.78 Å². The summed E-state index contributed by atoms with van der Waals surface area (Å²) in [7, 11) is 0. The third kappa shape index (κ3) is 4.63. The minimum Gasteiger partial charge on any atom is -0.459 e. The molecule has 6 nitrogen and oxygen atoms in total. The fourth-order valence-electron chi connectivity index (χ4n) is 3.82. The number of hydrogen-bond donors (Lipinski definition) is 2. The minimum absolute atomic E-state index is 0.0954. The van der Waals surface area contributed by atoms with Crippen LogP contribution in [0.2, 0.25) is 0 Å². The Morgan fingerprint density at radius 1 is 1.17 bits per heavy atom. The second-order valence-electron chi connectivity index (χ2n) is 7.15. The molecule has 1 saturated heterocycles. The summed E-state index contributed by atoms with van der Waals surface area (Å²) in [6.07, 6.45) is 5.11. The Labute approximate surface area is 169 Å². The molecule has 3 aromatic rings. The second kappa shape index (κ2) is 8.87. The van der Waals surface area contributed by atoms with Crippen molar-refractivity contribution in [3.05, 3.63) is 84.3 Å². The third-order valence-electron chi connectivity index (χ3n) is 5.39. The van der Waals surface area contributed by atoms with E-state index < -0.39 is 0 Å². The molecule has 4 rings (SSSR count). The number of piperazine rings is 1. The monoisotopic (exact) mass is 395 g/mol. The maximum Gasteiger partial charge on any atom is 0.287 e. The molecule has 2 aromatic heterocycles. The van der Waals surface area contributed by atoms with Gasteiger partial charge in [0.2, 0.25) is 0 Å². The van der Waals surface area contributed by atoms with Gasteiger partial charge in [-0.1, -0.05) is 0 Å². The Morgan fingerprint density at radius 3 is 2.62 bits per heavy atom. The van der Waals surface area contributed by atoms with Gasteiger partial charge in [-0.2, -0.15) is 0 Å². The number of aromatic nitrogens is 1. The number of hydrogen-bond acceptors (Lipinski definition) is 4. The molecule has 1 aromatic carbocycles. The smallest absolute Gasteiger partial charge is 0.287 e. The predicted octanol–water partition coefficient (Wildman–Crippen LogP) is 1.69. The highest BCUT2D eigenvalue weighted by molar-refractivity contribution is 5.91. The molecule has 29 heavy (non-hydrogen) atoms. The molecular weight excluding hydrogens is 371 g/mol. The molecule has 1 unspecified atom stereocenters. The van der Waals surface area contributed by atoms with Gasteiger partial charge in [-0.05, 0) is 48.5 Å². The normalized spacial score (nSPS) is 15.8. The number of furan rings is 1. The highest BCUT2D eigenvalue weighted by atomic mass is 19.1. The number of quaternary nitrogens is 1. The van der Waals surface area contributed by atoms with E-state index in [-0.39, 0.29) is 17.8 Å². The molecule has 1 atom stereocenters. The zero-order valence-corrected chi connectivity index (χ0v) is 16.1. The van der Waals surface area contributed by atoms with E-state index in [0.29, 0.717) is 12.3 Å². The van der Waals surface area contributed by atoms with Crippen molar-refractivity contribution in [3.63, 3.8) is 0 Å². The molecule has 7 heteroatoms. The summed E-state index contributed by atoms with van der Waals surface area (Å²) in [6.45, 7) is 4.05. The number of amides is 1.